The van der Waals surface area contributed by atoms with Crippen molar-refractivity contribution in [2.45, 2.75) is 51.6 Å². The highest BCUT2D eigenvalue weighted by Crippen LogP contribution is 2.20. The average Bonchev–Trinajstić information content (AvgIpc) is 2.62. The number of nitrogens with two attached hydrogens (primary N) is 2. The van der Waals surface area contributed by atoms with Crippen LogP contribution in [0, 0.1) is 0 Å². The highest BCUT2D eigenvalue weighted by molar-refractivity contribution is 5.42. The van der Waals surface area contributed by atoms with Gasteiger partial charge in [-0.05, 0) is 74.2 Å². The molecule has 0 saturated heterocycles. The van der Waals surface area contributed by atoms with E-state index < -0.39 is 0 Å². The van der Waals surface area contributed by atoms with E-state index >= 15 is 0 Å². The highest BCUT2D eigenvalue weighted by atomic mass is 16.5. The van der Waals surface area contributed by atoms with Gasteiger partial charge in [0.25, 0.3) is 0 Å². The van der Waals surface area contributed by atoms with Crippen LogP contribution in [0.25, 0.3) is 0 Å². The van der Waals surface area contributed by atoms with E-state index in [4.69, 9.17) is 20.9 Å². The van der Waals surface area contributed by atoms with Crippen LogP contribution in [-0.2, 0) is 0 Å². The Morgan fingerprint density at radius 3 is 1.92 bits per heavy atom. The minimum absolute atomic E-state index is 0.213. The zero-order chi connectivity index (χ0) is 17.9. The summed E-state index contributed by atoms with van der Waals surface area (Å²) in [4.78, 5) is 0. The Bertz CT molecular complexity index is 596. The first-order chi connectivity index (χ1) is 12.2. The molecule has 0 aliphatic heterocycles. The second-order valence-corrected chi connectivity index (χ2v) is 6.36. The number of hydrogen-bond acceptors (Lipinski definition) is 4. The molecule has 0 aromatic heterocycles. The van der Waals surface area contributed by atoms with E-state index in [1.807, 2.05) is 48.5 Å². The molecule has 4 heteroatoms. The Labute approximate surface area is 151 Å². The minimum Gasteiger partial charge on any atom is -0.494 e. The molecule has 0 fully saturated rings. The van der Waals surface area contributed by atoms with Gasteiger partial charge in [-0.3, -0.25) is 0 Å². The predicted octanol–water partition coefficient (Wildman–Crippen LogP) is 5.04. The van der Waals surface area contributed by atoms with Crippen LogP contribution in [0.1, 0.15) is 45.4 Å². The molecule has 1 atom stereocenters. The fourth-order valence-electron chi connectivity index (χ4n) is 2.69. The Hall–Kier alpha value is -2.36. The number of rotatable bonds is 11. The molecule has 0 radical (unpaired) electrons. The van der Waals surface area contributed by atoms with Gasteiger partial charge in [0.1, 0.15) is 11.5 Å². The van der Waals surface area contributed by atoms with Gasteiger partial charge in [-0.1, -0.05) is 19.8 Å². The largest absolute Gasteiger partial charge is 0.494 e. The Kier molecular flexibility index (Phi) is 7.96. The molecular formula is C21H30N2O2. The molecule has 0 heterocycles. The van der Waals surface area contributed by atoms with Gasteiger partial charge >= 0.3 is 0 Å². The maximum atomic E-state index is 6.16. The van der Waals surface area contributed by atoms with Gasteiger partial charge in [-0.25, -0.2) is 0 Å². The lowest BCUT2D eigenvalue weighted by Gasteiger charge is -2.19. The van der Waals surface area contributed by atoms with Gasteiger partial charge in [0.15, 0.2) is 0 Å². The van der Waals surface area contributed by atoms with Gasteiger partial charge in [-0.15, -0.1) is 0 Å². The molecule has 2 aromatic rings. The maximum absolute atomic E-state index is 6.16. The summed E-state index contributed by atoms with van der Waals surface area (Å²) in [6.45, 7) is 2.90. The molecule has 4 N–H and O–H groups in total. The fraction of sp³-hybridized carbons (Fsp3) is 0.429. The van der Waals surface area contributed by atoms with Crippen LogP contribution >= 0.6 is 0 Å². The second kappa shape index (κ2) is 10.5. The normalized spacial score (nSPS) is 11.9. The molecule has 136 valence electrons. The van der Waals surface area contributed by atoms with E-state index in [9.17, 15) is 0 Å². The zero-order valence-electron chi connectivity index (χ0n) is 15.1. The van der Waals surface area contributed by atoms with Crippen LogP contribution in [0.5, 0.6) is 11.5 Å². The SMILES string of the molecule is CCCCCC(CCCOc1ccc(N)cc1)Oc1ccc(N)cc1. The lowest BCUT2D eigenvalue weighted by Crippen LogP contribution is -2.18. The molecule has 2 rings (SSSR count). The second-order valence-electron chi connectivity index (χ2n) is 6.36. The van der Waals surface area contributed by atoms with Crippen LogP contribution in [0.15, 0.2) is 48.5 Å². The summed E-state index contributed by atoms with van der Waals surface area (Å²) in [6, 6.07) is 15.1. The topological polar surface area (TPSA) is 70.5 Å². The van der Waals surface area contributed by atoms with Crippen molar-refractivity contribution in [3.63, 3.8) is 0 Å². The molecule has 25 heavy (non-hydrogen) atoms. The third kappa shape index (κ3) is 7.38. The van der Waals surface area contributed by atoms with Crippen molar-refractivity contribution in [3.8, 4) is 11.5 Å². The molecule has 0 amide bonds. The summed E-state index contributed by atoms with van der Waals surface area (Å²) in [7, 11) is 0. The molecule has 2 aromatic carbocycles. The van der Waals surface area contributed by atoms with Gasteiger partial charge in [0, 0.05) is 11.4 Å². The lowest BCUT2D eigenvalue weighted by molar-refractivity contribution is 0.164. The van der Waals surface area contributed by atoms with Gasteiger partial charge in [-0.2, -0.15) is 0 Å². The number of hydrogen-bond donors (Lipinski definition) is 2. The van der Waals surface area contributed by atoms with Crippen molar-refractivity contribution >= 4 is 11.4 Å². The highest BCUT2D eigenvalue weighted by Gasteiger charge is 2.11. The van der Waals surface area contributed by atoms with Crippen molar-refractivity contribution in [3.05, 3.63) is 48.5 Å². The molecule has 0 spiro atoms. The third-order valence-electron chi connectivity index (χ3n) is 4.13. The third-order valence-corrected chi connectivity index (χ3v) is 4.13. The maximum Gasteiger partial charge on any atom is 0.119 e. The molecule has 0 aliphatic rings. The first kappa shape index (κ1) is 19.0. The molecule has 4 nitrogen and oxygen atoms in total. The Morgan fingerprint density at radius 2 is 1.32 bits per heavy atom. The lowest BCUT2D eigenvalue weighted by atomic mass is 10.1. The van der Waals surface area contributed by atoms with Gasteiger partial charge in [0.05, 0.1) is 12.7 Å². The fourth-order valence-corrected chi connectivity index (χ4v) is 2.69. The number of unbranched alkanes of at least 4 members (excludes halogenated alkanes) is 2. The van der Waals surface area contributed by atoms with Crippen LogP contribution in [-0.4, -0.2) is 12.7 Å². The predicted molar refractivity (Wildman–Crippen MR) is 105 cm³/mol. The molecule has 0 saturated carbocycles. The Morgan fingerprint density at radius 1 is 0.760 bits per heavy atom. The molecule has 1 unspecified atom stereocenters. The first-order valence-electron chi connectivity index (χ1n) is 9.18. The summed E-state index contributed by atoms with van der Waals surface area (Å²) in [6.07, 6.45) is 6.86. The summed E-state index contributed by atoms with van der Waals surface area (Å²) in [5.41, 5.74) is 12.9. The monoisotopic (exact) mass is 342 g/mol. The van der Waals surface area contributed by atoms with Crippen LogP contribution < -0.4 is 20.9 Å². The van der Waals surface area contributed by atoms with E-state index in [-0.39, 0.29) is 6.10 Å². The standard InChI is InChI=1S/C21H30N2O2/c1-2-3-4-6-20(25-21-14-10-18(23)11-15-21)7-5-16-24-19-12-8-17(22)9-13-19/h8-15,20H,2-7,16,22-23H2,1H3. The van der Waals surface area contributed by atoms with E-state index in [0.29, 0.717) is 6.61 Å². The van der Waals surface area contributed by atoms with Crippen molar-refractivity contribution in [2.24, 2.45) is 0 Å². The quantitative estimate of drug-likeness (QED) is 0.443. The first-order valence-corrected chi connectivity index (χ1v) is 9.18. The summed E-state index contributed by atoms with van der Waals surface area (Å²) >= 11 is 0. The number of ether oxygens (including phenoxy) is 2. The molecule has 0 aliphatic carbocycles. The van der Waals surface area contributed by atoms with Crippen molar-refractivity contribution < 1.29 is 9.47 Å². The van der Waals surface area contributed by atoms with E-state index in [1.165, 1.54) is 19.3 Å². The minimum atomic E-state index is 0.213. The average molecular weight is 342 g/mol. The van der Waals surface area contributed by atoms with Crippen molar-refractivity contribution in [2.75, 3.05) is 18.1 Å². The summed E-state index contributed by atoms with van der Waals surface area (Å²) < 4.78 is 11.9. The summed E-state index contributed by atoms with van der Waals surface area (Å²) in [5, 5.41) is 0. The van der Waals surface area contributed by atoms with Crippen LogP contribution in [0.2, 0.25) is 0 Å². The van der Waals surface area contributed by atoms with Crippen molar-refractivity contribution in [1.82, 2.24) is 0 Å². The Balaban J connectivity index is 1.78. The zero-order valence-corrected chi connectivity index (χ0v) is 15.1. The smallest absolute Gasteiger partial charge is 0.119 e. The number of benzene rings is 2. The van der Waals surface area contributed by atoms with Gasteiger partial charge in [0.2, 0.25) is 0 Å². The van der Waals surface area contributed by atoms with Crippen LogP contribution in [0.4, 0.5) is 11.4 Å². The molecule has 0 bridgehead atoms. The van der Waals surface area contributed by atoms with Crippen molar-refractivity contribution in [1.29, 1.82) is 0 Å². The van der Waals surface area contributed by atoms with E-state index in [2.05, 4.69) is 6.92 Å². The number of nitrogen functional groups attached to an aromatic ring is 2. The number of anilines is 2. The van der Waals surface area contributed by atoms with E-state index in [0.717, 1.165) is 42.1 Å². The summed E-state index contributed by atoms with van der Waals surface area (Å²) in [5.74, 6) is 1.74. The van der Waals surface area contributed by atoms with Gasteiger partial charge < -0.3 is 20.9 Å². The molecular weight excluding hydrogens is 312 g/mol. The van der Waals surface area contributed by atoms with Crippen LogP contribution in [0.3, 0.4) is 0 Å². The van der Waals surface area contributed by atoms with E-state index in [1.54, 1.807) is 0 Å².